The largest absolute Gasteiger partial charge is 0.356 e. The van der Waals surface area contributed by atoms with E-state index >= 15 is 0 Å². The van der Waals surface area contributed by atoms with Crippen LogP contribution >= 0.6 is 0 Å². The molecule has 3 N–H and O–H groups in total. The maximum absolute atomic E-state index is 11.3. The smallest absolute Gasteiger partial charge is 0.290 e. The summed E-state index contributed by atoms with van der Waals surface area (Å²) >= 11 is 0. The molecule has 0 amide bonds. The summed E-state index contributed by atoms with van der Waals surface area (Å²) in [5, 5.41) is 16.2. The monoisotopic (exact) mass is 207 g/mol. The normalized spacial score (nSPS) is 12.3. The Kier molecular flexibility index (Phi) is 2.40. The Labute approximate surface area is 84.1 Å². The Morgan fingerprint density at radius 2 is 2.40 bits per heavy atom. The van der Waals surface area contributed by atoms with Crippen molar-refractivity contribution >= 4 is 5.82 Å². The molecule has 0 spiro atoms. The third kappa shape index (κ3) is 1.98. The van der Waals surface area contributed by atoms with Crippen LogP contribution < -0.4 is 10.9 Å². The molecule has 0 saturated heterocycles. The first kappa shape index (κ1) is 9.31. The summed E-state index contributed by atoms with van der Waals surface area (Å²) in [6, 6.07) is -0.236. The minimum atomic E-state index is -0.284. The lowest BCUT2D eigenvalue weighted by atomic mass is 10.3. The summed E-state index contributed by atoms with van der Waals surface area (Å²) in [4.78, 5) is 17.7. The van der Waals surface area contributed by atoms with Crippen molar-refractivity contribution in [1.82, 2.24) is 30.6 Å². The molecule has 0 radical (unpaired) electrons. The molecular formula is C7H9N7O. The topological polar surface area (TPSA) is 112 Å². The lowest BCUT2D eigenvalue weighted by Crippen LogP contribution is -2.18. The molecule has 78 valence electrons. The fraction of sp³-hybridized carbons (Fsp3) is 0.286. The van der Waals surface area contributed by atoms with Crippen LogP contribution in [0, 0.1) is 0 Å². The number of anilines is 1. The first-order chi connectivity index (χ1) is 7.27. The van der Waals surface area contributed by atoms with Gasteiger partial charge in [0.05, 0.1) is 6.04 Å². The quantitative estimate of drug-likeness (QED) is 0.622. The van der Waals surface area contributed by atoms with E-state index in [1.54, 1.807) is 6.92 Å². The van der Waals surface area contributed by atoms with Gasteiger partial charge in [-0.25, -0.2) is 4.98 Å². The molecule has 1 atom stereocenters. The average Bonchev–Trinajstić information content (AvgIpc) is 2.74. The van der Waals surface area contributed by atoms with E-state index < -0.39 is 0 Å². The average molecular weight is 207 g/mol. The molecule has 0 saturated carbocycles. The Morgan fingerprint density at radius 3 is 3.07 bits per heavy atom. The number of aromatic nitrogens is 6. The van der Waals surface area contributed by atoms with Crippen LogP contribution in [-0.4, -0.2) is 30.6 Å². The van der Waals surface area contributed by atoms with Gasteiger partial charge >= 0.3 is 0 Å². The van der Waals surface area contributed by atoms with Crippen molar-refractivity contribution in [2.45, 2.75) is 13.0 Å². The van der Waals surface area contributed by atoms with Gasteiger partial charge < -0.3 is 10.3 Å². The van der Waals surface area contributed by atoms with Gasteiger partial charge in [0.2, 0.25) is 0 Å². The molecule has 2 rings (SSSR count). The molecule has 2 heterocycles. The Hall–Kier alpha value is -2.25. The van der Waals surface area contributed by atoms with Crippen LogP contribution in [0.4, 0.5) is 5.82 Å². The third-order valence-corrected chi connectivity index (χ3v) is 1.81. The van der Waals surface area contributed by atoms with Gasteiger partial charge in [-0.3, -0.25) is 4.79 Å². The molecule has 8 heteroatoms. The van der Waals surface area contributed by atoms with Gasteiger partial charge in [-0.2, -0.15) is 5.21 Å². The molecule has 0 fully saturated rings. The second-order valence-electron chi connectivity index (χ2n) is 2.90. The number of hydrogen-bond acceptors (Lipinski definition) is 6. The van der Waals surface area contributed by atoms with Crippen LogP contribution in [-0.2, 0) is 0 Å². The van der Waals surface area contributed by atoms with E-state index in [1.807, 2.05) is 0 Å². The van der Waals surface area contributed by atoms with E-state index in [0.717, 1.165) is 0 Å². The molecular weight excluding hydrogens is 198 g/mol. The standard InChI is InChI=1S/C7H9N7O/c1-4(5-11-13-14-12-5)10-6-7(15)9-3-2-8-6/h2-4H,1H3,(H,8,10)(H,9,15)(H,11,12,13,14). The second-order valence-corrected chi connectivity index (χ2v) is 2.90. The highest BCUT2D eigenvalue weighted by Gasteiger charge is 2.11. The van der Waals surface area contributed by atoms with Crippen molar-refractivity contribution in [3.05, 3.63) is 28.6 Å². The molecule has 0 aliphatic heterocycles. The lowest BCUT2D eigenvalue weighted by Gasteiger charge is -2.08. The van der Waals surface area contributed by atoms with Gasteiger partial charge in [0, 0.05) is 12.4 Å². The highest BCUT2D eigenvalue weighted by atomic mass is 16.1. The minimum Gasteiger partial charge on any atom is -0.356 e. The van der Waals surface area contributed by atoms with E-state index in [0.29, 0.717) is 5.82 Å². The summed E-state index contributed by atoms with van der Waals surface area (Å²) in [6.45, 7) is 1.80. The van der Waals surface area contributed by atoms with Crippen LogP contribution in [0.15, 0.2) is 17.2 Å². The number of nitrogens with one attached hydrogen (secondary N) is 3. The van der Waals surface area contributed by atoms with Crippen LogP contribution in [0.2, 0.25) is 0 Å². The van der Waals surface area contributed by atoms with Gasteiger partial charge in [-0.1, -0.05) is 5.21 Å². The lowest BCUT2D eigenvalue weighted by molar-refractivity contribution is 0.784. The number of tetrazole rings is 1. The van der Waals surface area contributed by atoms with Gasteiger partial charge in [-0.05, 0) is 6.92 Å². The van der Waals surface area contributed by atoms with Crippen molar-refractivity contribution < 1.29 is 0 Å². The number of aromatic amines is 2. The fourth-order valence-corrected chi connectivity index (χ4v) is 1.08. The van der Waals surface area contributed by atoms with Crippen LogP contribution in [0.25, 0.3) is 0 Å². The maximum Gasteiger partial charge on any atom is 0.290 e. The van der Waals surface area contributed by atoms with Crippen molar-refractivity contribution in [2.75, 3.05) is 5.32 Å². The predicted molar refractivity (Wildman–Crippen MR) is 51.1 cm³/mol. The van der Waals surface area contributed by atoms with Crippen molar-refractivity contribution in [3.8, 4) is 0 Å². The zero-order chi connectivity index (χ0) is 10.7. The Balaban J connectivity index is 2.16. The third-order valence-electron chi connectivity index (χ3n) is 1.81. The SMILES string of the molecule is CC(Nc1ncc[nH]c1=O)c1nn[nH]n1. The van der Waals surface area contributed by atoms with Gasteiger partial charge in [0.25, 0.3) is 5.56 Å². The molecule has 0 aromatic carbocycles. The Morgan fingerprint density at radius 1 is 1.53 bits per heavy atom. The van der Waals surface area contributed by atoms with Gasteiger partial charge in [0.15, 0.2) is 11.6 Å². The first-order valence-electron chi connectivity index (χ1n) is 4.31. The van der Waals surface area contributed by atoms with Crippen LogP contribution in [0.3, 0.4) is 0 Å². The molecule has 2 aromatic heterocycles. The number of rotatable bonds is 3. The number of H-pyrrole nitrogens is 2. The molecule has 1 unspecified atom stereocenters. The summed E-state index contributed by atoms with van der Waals surface area (Å²) in [7, 11) is 0. The van der Waals surface area contributed by atoms with Crippen molar-refractivity contribution in [1.29, 1.82) is 0 Å². The van der Waals surface area contributed by atoms with Crippen LogP contribution in [0.5, 0.6) is 0 Å². The maximum atomic E-state index is 11.3. The second kappa shape index (κ2) is 3.86. The zero-order valence-corrected chi connectivity index (χ0v) is 7.93. The Bertz CT molecular complexity index is 476. The van der Waals surface area contributed by atoms with Crippen molar-refractivity contribution in [2.24, 2.45) is 0 Å². The van der Waals surface area contributed by atoms with Gasteiger partial charge in [-0.15, -0.1) is 10.2 Å². The summed E-state index contributed by atoms with van der Waals surface area (Å²) in [6.07, 6.45) is 2.96. The summed E-state index contributed by atoms with van der Waals surface area (Å²) in [5.41, 5.74) is -0.284. The molecule has 2 aromatic rings. The van der Waals surface area contributed by atoms with Gasteiger partial charge in [0.1, 0.15) is 0 Å². The molecule has 0 aliphatic rings. The molecule has 0 aliphatic carbocycles. The zero-order valence-electron chi connectivity index (χ0n) is 7.93. The highest BCUT2D eigenvalue weighted by molar-refractivity contribution is 5.32. The summed E-state index contributed by atoms with van der Waals surface area (Å²) < 4.78 is 0. The van der Waals surface area contributed by atoms with E-state index in [4.69, 9.17) is 0 Å². The highest BCUT2D eigenvalue weighted by Crippen LogP contribution is 2.08. The van der Waals surface area contributed by atoms with E-state index in [1.165, 1.54) is 12.4 Å². The van der Waals surface area contributed by atoms with E-state index in [2.05, 4.69) is 35.9 Å². The van der Waals surface area contributed by atoms with Crippen LogP contribution in [0.1, 0.15) is 18.8 Å². The number of hydrogen-bond donors (Lipinski definition) is 3. The number of nitrogens with zero attached hydrogens (tertiary/aromatic N) is 4. The van der Waals surface area contributed by atoms with Crippen molar-refractivity contribution in [3.63, 3.8) is 0 Å². The first-order valence-corrected chi connectivity index (χ1v) is 4.31. The summed E-state index contributed by atoms with van der Waals surface area (Å²) in [5.74, 6) is 0.704. The minimum absolute atomic E-state index is 0.231. The predicted octanol–water partition coefficient (Wildman–Crippen LogP) is -0.544. The molecule has 8 nitrogen and oxygen atoms in total. The molecule has 0 bridgehead atoms. The molecule has 15 heavy (non-hydrogen) atoms. The van der Waals surface area contributed by atoms with E-state index in [9.17, 15) is 4.79 Å². The van der Waals surface area contributed by atoms with E-state index in [-0.39, 0.29) is 17.4 Å². The fourth-order valence-electron chi connectivity index (χ4n) is 1.08.